The van der Waals surface area contributed by atoms with Crippen LogP contribution in [0.25, 0.3) is 11.2 Å². The fourth-order valence-corrected chi connectivity index (χ4v) is 4.94. The number of anilines is 3. The normalized spacial score (nSPS) is 22.3. The van der Waals surface area contributed by atoms with Gasteiger partial charge >= 0.3 is 5.24 Å². The maximum absolute atomic E-state index is 12.4. The van der Waals surface area contributed by atoms with Crippen molar-refractivity contribution >= 4 is 45.5 Å². The second kappa shape index (κ2) is 6.66. The van der Waals surface area contributed by atoms with Gasteiger partial charge in [-0.15, -0.1) is 0 Å². The van der Waals surface area contributed by atoms with Gasteiger partial charge in [-0.3, -0.25) is 9.10 Å². The highest BCUT2D eigenvalue weighted by atomic mass is 32.2. The summed E-state index contributed by atoms with van der Waals surface area (Å²) < 4.78 is 2.14. The number of piperidine rings is 1. The number of hydrogen-bond donors (Lipinski definition) is 2. The highest BCUT2D eigenvalue weighted by molar-refractivity contribution is 8.15. The minimum atomic E-state index is -0.0917. The number of H-pyrrole nitrogens is 1. The van der Waals surface area contributed by atoms with Gasteiger partial charge in [-0.1, -0.05) is 13.0 Å². The van der Waals surface area contributed by atoms with Gasteiger partial charge in [0.2, 0.25) is 0 Å². The first-order valence-electron chi connectivity index (χ1n) is 9.38. The molecule has 1 fully saturated rings. The summed E-state index contributed by atoms with van der Waals surface area (Å²) in [6.45, 7) is 6.06. The zero-order valence-corrected chi connectivity index (χ0v) is 16.5. The van der Waals surface area contributed by atoms with Crippen LogP contribution in [0, 0.1) is 12.8 Å². The maximum atomic E-state index is 12.4. The number of aromatic amines is 1. The predicted octanol–water partition coefficient (Wildman–Crippen LogP) is 3.58. The maximum Gasteiger partial charge on any atom is 0.304 e. The molecule has 8 nitrogen and oxygen atoms in total. The van der Waals surface area contributed by atoms with E-state index in [2.05, 4.69) is 53.5 Å². The van der Waals surface area contributed by atoms with Crippen molar-refractivity contribution in [2.24, 2.45) is 5.92 Å². The molecule has 0 saturated carbocycles. The molecule has 2 aliphatic heterocycles. The molecule has 0 aliphatic carbocycles. The van der Waals surface area contributed by atoms with E-state index in [-0.39, 0.29) is 11.3 Å². The molecule has 0 bridgehead atoms. The van der Waals surface area contributed by atoms with Crippen LogP contribution in [-0.4, -0.2) is 44.3 Å². The van der Waals surface area contributed by atoms with Gasteiger partial charge in [0.1, 0.15) is 17.0 Å². The largest absolute Gasteiger partial charge is 0.354 e. The summed E-state index contributed by atoms with van der Waals surface area (Å²) in [6.07, 6.45) is 6.27. The number of nitrogens with one attached hydrogen (secondary N) is 2. The second-order valence-electron chi connectivity index (χ2n) is 7.42. The Kier molecular flexibility index (Phi) is 4.12. The fraction of sp³-hybridized carbons (Fsp3) is 0.368. The van der Waals surface area contributed by atoms with Crippen LogP contribution in [0.4, 0.5) is 22.0 Å². The Balaban J connectivity index is 1.53. The lowest BCUT2D eigenvalue weighted by molar-refractivity contribution is 0.269. The van der Waals surface area contributed by atoms with Crippen LogP contribution in [0.15, 0.2) is 30.9 Å². The lowest BCUT2D eigenvalue weighted by Gasteiger charge is -2.44. The number of aryl methyl sites for hydroxylation is 1. The molecule has 9 heteroatoms. The molecule has 2 aliphatic rings. The first-order valence-corrected chi connectivity index (χ1v) is 10.2. The molecule has 3 aromatic rings. The third-order valence-electron chi connectivity index (χ3n) is 5.51. The van der Waals surface area contributed by atoms with Crippen LogP contribution in [0.2, 0.25) is 0 Å². The highest BCUT2D eigenvalue weighted by Crippen LogP contribution is 2.44. The molecule has 0 aromatic carbocycles. The summed E-state index contributed by atoms with van der Waals surface area (Å²) in [4.78, 5) is 31.1. The lowest BCUT2D eigenvalue weighted by atomic mass is 9.93. The average molecular weight is 395 g/mol. The van der Waals surface area contributed by atoms with Crippen LogP contribution >= 0.6 is 11.9 Å². The quantitative estimate of drug-likeness (QED) is 0.641. The van der Waals surface area contributed by atoms with Crippen LogP contribution in [-0.2, 0) is 0 Å². The van der Waals surface area contributed by atoms with Crippen molar-refractivity contribution in [3.8, 4) is 0 Å². The molecule has 28 heavy (non-hydrogen) atoms. The number of pyridine rings is 2. The van der Waals surface area contributed by atoms with E-state index < -0.39 is 0 Å². The van der Waals surface area contributed by atoms with Crippen LogP contribution in [0.3, 0.4) is 0 Å². The lowest BCUT2D eigenvalue weighted by Crippen LogP contribution is -2.51. The molecule has 1 amide bonds. The van der Waals surface area contributed by atoms with Crippen LogP contribution in [0.1, 0.15) is 18.9 Å². The number of aromatic nitrogens is 4. The average Bonchev–Trinajstić information content (AvgIpc) is 3.17. The fourth-order valence-electron chi connectivity index (χ4n) is 3.91. The summed E-state index contributed by atoms with van der Waals surface area (Å²) in [6, 6.07) is 4.32. The van der Waals surface area contributed by atoms with E-state index >= 15 is 0 Å². The summed E-state index contributed by atoms with van der Waals surface area (Å²) in [5.41, 5.74) is 4.32. The summed E-state index contributed by atoms with van der Waals surface area (Å²) in [7, 11) is 0. The van der Waals surface area contributed by atoms with Crippen molar-refractivity contribution in [3.63, 3.8) is 0 Å². The van der Waals surface area contributed by atoms with E-state index in [4.69, 9.17) is 0 Å². The van der Waals surface area contributed by atoms with Gasteiger partial charge in [-0.25, -0.2) is 15.0 Å². The Morgan fingerprint density at radius 1 is 1.21 bits per heavy atom. The highest BCUT2D eigenvalue weighted by Gasteiger charge is 2.38. The Bertz CT molecular complexity index is 1030. The van der Waals surface area contributed by atoms with Gasteiger partial charge in [-0.2, -0.15) is 0 Å². The van der Waals surface area contributed by atoms with E-state index in [1.165, 1.54) is 11.9 Å². The molecule has 5 rings (SSSR count). The zero-order chi connectivity index (χ0) is 19.3. The Labute approximate surface area is 166 Å². The van der Waals surface area contributed by atoms with Crippen molar-refractivity contribution in [2.45, 2.75) is 26.3 Å². The smallest absolute Gasteiger partial charge is 0.304 e. The molecule has 0 radical (unpaired) electrons. The number of amides is 1. The predicted molar refractivity (Wildman–Crippen MR) is 112 cm³/mol. The van der Waals surface area contributed by atoms with Gasteiger partial charge in [0.15, 0.2) is 5.65 Å². The summed E-state index contributed by atoms with van der Waals surface area (Å²) in [5, 5.41) is 2.83. The Morgan fingerprint density at radius 2 is 2.11 bits per heavy atom. The number of carbonyl (C=O) groups is 1. The Hall–Kier alpha value is -2.81. The SMILES string of the molecule is Cc1ccc(N2CCC(C)C(N3SC(=O)Nc4cnc5nc[nH]c5c43)C2)nc1. The molecule has 0 spiro atoms. The van der Waals surface area contributed by atoms with Crippen molar-refractivity contribution in [1.82, 2.24) is 19.9 Å². The van der Waals surface area contributed by atoms with Crippen molar-refractivity contribution in [2.75, 3.05) is 27.6 Å². The first kappa shape index (κ1) is 17.3. The monoisotopic (exact) mass is 395 g/mol. The molecule has 3 aromatic heterocycles. The third-order valence-corrected chi connectivity index (χ3v) is 6.42. The van der Waals surface area contributed by atoms with Gasteiger partial charge in [0, 0.05) is 19.3 Å². The third kappa shape index (κ3) is 2.86. The number of imidazole rings is 1. The van der Waals surface area contributed by atoms with E-state index in [9.17, 15) is 4.79 Å². The second-order valence-corrected chi connectivity index (χ2v) is 8.37. The molecule has 2 atom stereocenters. The summed E-state index contributed by atoms with van der Waals surface area (Å²) in [5.74, 6) is 1.41. The molecule has 144 valence electrons. The minimum absolute atomic E-state index is 0.0917. The van der Waals surface area contributed by atoms with E-state index in [1.54, 1.807) is 12.5 Å². The number of nitrogens with zero attached hydrogens (tertiary/aromatic N) is 5. The van der Waals surface area contributed by atoms with Crippen molar-refractivity contribution < 1.29 is 4.79 Å². The van der Waals surface area contributed by atoms with E-state index in [1.807, 2.05) is 13.1 Å². The summed E-state index contributed by atoms with van der Waals surface area (Å²) >= 11 is 1.22. The minimum Gasteiger partial charge on any atom is -0.354 e. The molecular formula is C19H21N7OS. The van der Waals surface area contributed by atoms with Crippen LogP contribution in [0.5, 0.6) is 0 Å². The molecule has 5 heterocycles. The molecule has 2 unspecified atom stereocenters. The Morgan fingerprint density at radius 3 is 2.93 bits per heavy atom. The first-order chi connectivity index (χ1) is 13.6. The standard InChI is InChI=1S/C19H21N7OS/c1-11-3-4-15(20-7-11)25-6-5-12(2)14(9-25)26-17-13(24-19(27)28-26)8-21-18-16(17)22-10-23-18/h3-4,7-8,10,12,14H,5-6,9H2,1-2H3,(H,24,27)(H,21,22,23). The van der Waals surface area contributed by atoms with Crippen molar-refractivity contribution in [1.29, 1.82) is 0 Å². The number of fused-ring (bicyclic) bond motifs is 3. The van der Waals surface area contributed by atoms with Gasteiger partial charge in [0.25, 0.3) is 0 Å². The zero-order valence-electron chi connectivity index (χ0n) is 15.7. The molecule has 2 N–H and O–H groups in total. The van der Waals surface area contributed by atoms with Crippen molar-refractivity contribution in [3.05, 3.63) is 36.4 Å². The number of hydrogen-bond acceptors (Lipinski definition) is 7. The number of carbonyl (C=O) groups excluding carboxylic acids is 1. The van der Waals surface area contributed by atoms with Gasteiger partial charge in [-0.05, 0) is 30.9 Å². The van der Waals surface area contributed by atoms with Crippen LogP contribution < -0.4 is 14.5 Å². The molecule has 1 saturated heterocycles. The van der Waals surface area contributed by atoms with Gasteiger partial charge in [0.05, 0.1) is 36.2 Å². The topological polar surface area (TPSA) is 90.0 Å². The van der Waals surface area contributed by atoms with Gasteiger partial charge < -0.3 is 15.2 Å². The van der Waals surface area contributed by atoms with E-state index in [0.717, 1.165) is 47.8 Å². The number of rotatable bonds is 2. The molecular weight excluding hydrogens is 374 g/mol. The van der Waals surface area contributed by atoms with E-state index in [0.29, 0.717) is 11.6 Å².